The molecule has 0 unspecified atom stereocenters. The molecule has 2 rings (SSSR count). The fourth-order valence-electron chi connectivity index (χ4n) is 1.51. The van der Waals surface area contributed by atoms with Crippen LogP contribution in [-0.4, -0.2) is 26.6 Å². The average molecular weight is 327 g/mol. The van der Waals surface area contributed by atoms with Gasteiger partial charge in [0.1, 0.15) is 5.03 Å². The summed E-state index contributed by atoms with van der Waals surface area (Å²) < 4.78 is 2.72. The maximum absolute atomic E-state index is 10.6. The van der Waals surface area contributed by atoms with E-state index in [-0.39, 0.29) is 5.75 Å². The van der Waals surface area contributed by atoms with Crippen molar-refractivity contribution in [1.29, 1.82) is 0 Å². The van der Waals surface area contributed by atoms with Gasteiger partial charge >= 0.3 is 5.97 Å². The lowest BCUT2D eigenvalue weighted by atomic mass is 10.3. The molecule has 0 spiro atoms. The Morgan fingerprint density at radius 1 is 1.50 bits per heavy atom. The molecule has 0 fully saturated rings. The summed E-state index contributed by atoms with van der Waals surface area (Å²) in [5.41, 5.74) is 1.77. The highest BCUT2D eigenvalue weighted by Crippen LogP contribution is 2.24. The maximum atomic E-state index is 10.6. The number of carbonyl (C=O) groups is 1. The lowest BCUT2D eigenvalue weighted by Crippen LogP contribution is -2.02. The van der Waals surface area contributed by atoms with Crippen LogP contribution < -0.4 is 0 Å². The van der Waals surface area contributed by atoms with Crippen LogP contribution in [0.15, 0.2) is 39.8 Å². The van der Waals surface area contributed by atoms with Crippen LogP contribution >= 0.6 is 27.7 Å². The van der Waals surface area contributed by atoms with Gasteiger partial charge in [0.05, 0.1) is 17.1 Å². The van der Waals surface area contributed by atoms with Gasteiger partial charge in [0.2, 0.25) is 0 Å². The summed E-state index contributed by atoms with van der Waals surface area (Å²) in [6.07, 6.45) is 0. The number of rotatable bonds is 4. The number of hydrogen-bond acceptors (Lipinski definition) is 3. The first-order chi connectivity index (χ1) is 8.56. The number of aromatic nitrogens is 2. The van der Waals surface area contributed by atoms with Crippen molar-refractivity contribution in [2.24, 2.45) is 0 Å². The smallest absolute Gasteiger partial charge is 0.313 e. The molecule has 0 atom stereocenters. The minimum absolute atomic E-state index is 0.0269. The Hall–Kier alpha value is -1.27. The van der Waals surface area contributed by atoms with E-state index < -0.39 is 5.97 Å². The van der Waals surface area contributed by atoms with Crippen LogP contribution in [0.5, 0.6) is 0 Å². The fourth-order valence-corrected chi connectivity index (χ4v) is 2.69. The Labute approximate surface area is 117 Å². The van der Waals surface area contributed by atoms with E-state index in [1.165, 1.54) is 11.8 Å². The lowest BCUT2D eigenvalue weighted by Gasteiger charge is -2.06. The van der Waals surface area contributed by atoms with Gasteiger partial charge in [-0.3, -0.25) is 4.79 Å². The molecule has 18 heavy (non-hydrogen) atoms. The van der Waals surface area contributed by atoms with Crippen molar-refractivity contribution in [3.63, 3.8) is 0 Å². The molecule has 1 aromatic heterocycles. The second-order valence-corrected chi connectivity index (χ2v) is 5.61. The number of carboxylic acid groups (broad SMARTS) is 1. The minimum atomic E-state index is -0.834. The minimum Gasteiger partial charge on any atom is -0.481 e. The molecule has 0 aliphatic heterocycles. The van der Waals surface area contributed by atoms with E-state index in [1.807, 2.05) is 37.3 Å². The SMILES string of the molecule is Cc1cc(SCC(=O)O)n(-c2cccc(Br)c2)n1. The number of halogens is 1. The largest absolute Gasteiger partial charge is 0.481 e. The Kier molecular flexibility index (Phi) is 4.08. The third-order valence-corrected chi connectivity index (χ3v) is 3.67. The molecule has 2 aromatic rings. The first-order valence-electron chi connectivity index (χ1n) is 5.23. The molecular weight excluding hydrogens is 316 g/mol. The highest BCUT2D eigenvalue weighted by molar-refractivity contribution is 9.10. The van der Waals surface area contributed by atoms with Gasteiger partial charge < -0.3 is 5.11 Å². The highest BCUT2D eigenvalue weighted by Gasteiger charge is 2.10. The summed E-state index contributed by atoms with van der Waals surface area (Å²) in [5, 5.41) is 13.9. The zero-order valence-electron chi connectivity index (χ0n) is 9.63. The molecule has 4 nitrogen and oxygen atoms in total. The zero-order chi connectivity index (χ0) is 13.1. The van der Waals surface area contributed by atoms with E-state index in [0.717, 1.165) is 20.9 Å². The molecule has 0 saturated carbocycles. The normalized spacial score (nSPS) is 10.6. The van der Waals surface area contributed by atoms with E-state index in [2.05, 4.69) is 21.0 Å². The summed E-state index contributed by atoms with van der Waals surface area (Å²) in [6.45, 7) is 1.89. The van der Waals surface area contributed by atoms with Gasteiger partial charge in [-0.15, -0.1) is 0 Å². The number of carboxylic acids is 1. The Balaban J connectivity index is 2.35. The van der Waals surface area contributed by atoms with Gasteiger partial charge in [-0.2, -0.15) is 5.10 Å². The molecule has 0 bridgehead atoms. The third kappa shape index (κ3) is 3.14. The number of nitrogens with zero attached hydrogens (tertiary/aromatic N) is 2. The highest BCUT2D eigenvalue weighted by atomic mass is 79.9. The molecule has 0 saturated heterocycles. The van der Waals surface area contributed by atoms with E-state index in [4.69, 9.17) is 5.11 Å². The van der Waals surface area contributed by atoms with Gasteiger partial charge in [-0.25, -0.2) is 4.68 Å². The quantitative estimate of drug-likeness (QED) is 0.877. The van der Waals surface area contributed by atoms with Gasteiger partial charge in [0.15, 0.2) is 0 Å². The van der Waals surface area contributed by atoms with Crippen LogP contribution in [0.4, 0.5) is 0 Å². The van der Waals surface area contributed by atoms with Crippen LogP contribution in [0, 0.1) is 6.92 Å². The van der Waals surface area contributed by atoms with E-state index in [9.17, 15) is 4.79 Å². The molecule has 0 radical (unpaired) electrons. The molecule has 94 valence electrons. The van der Waals surface area contributed by atoms with Crippen molar-refractivity contribution in [3.8, 4) is 5.69 Å². The lowest BCUT2D eigenvalue weighted by molar-refractivity contribution is -0.133. The van der Waals surface area contributed by atoms with Crippen LogP contribution in [0.1, 0.15) is 5.69 Å². The summed E-state index contributed by atoms with van der Waals surface area (Å²) >= 11 is 4.67. The molecule has 0 aliphatic rings. The number of benzene rings is 1. The van der Waals surface area contributed by atoms with Crippen LogP contribution in [0.2, 0.25) is 0 Å². The number of aliphatic carboxylic acids is 1. The van der Waals surface area contributed by atoms with Gasteiger partial charge in [-0.05, 0) is 31.2 Å². The van der Waals surface area contributed by atoms with Crippen molar-refractivity contribution in [3.05, 3.63) is 40.5 Å². The molecule has 1 aromatic carbocycles. The third-order valence-electron chi connectivity index (χ3n) is 2.20. The average Bonchev–Trinajstić information content (AvgIpc) is 2.68. The standard InChI is InChI=1S/C12H11BrN2O2S/c1-8-5-11(18-7-12(16)17)15(14-8)10-4-2-3-9(13)6-10/h2-6H,7H2,1H3,(H,16,17). The second kappa shape index (κ2) is 5.58. The van der Waals surface area contributed by atoms with Crippen molar-refractivity contribution in [2.75, 3.05) is 5.75 Å². The Morgan fingerprint density at radius 2 is 2.28 bits per heavy atom. The first-order valence-corrected chi connectivity index (χ1v) is 7.01. The molecular formula is C12H11BrN2O2S. The fraction of sp³-hybridized carbons (Fsp3) is 0.167. The summed E-state index contributed by atoms with van der Waals surface area (Å²) in [7, 11) is 0. The molecule has 1 N–H and O–H groups in total. The zero-order valence-corrected chi connectivity index (χ0v) is 12.0. The van der Waals surface area contributed by atoms with E-state index >= 15 is 0 Å². The molecule has 6 heteroatoms. The van der Waals surface area contributed by atoms with Crippen molar-refractivity contribution < 1.29 is 9.90 Å². The summed E-state index contributed by atoms with van der Waals surface area (Å²) in [6, 6.07) is 9.61. The van der Waals surface area contributed by atoms with Gasteiger partial charge in [0.25, 0.3) is 0 Å². The number of aryl methyl sites for hydroxylation is 1. The van der Waals surface area contributed by atoms with Gasteiger partial charge in [-0.1, -0.05) is 33.8 Å². The molecule has 0 amide bonds. The van der Waals surface area contributed by atoms with Gasteiger partial charge in [0, 0.05) is 4.47 Å². The number of thioether (sulfide) groups is 1. The van der Waals surface area contributed by atoms with Crippen LogP contribution in [0.3, 0.4) is 0 Å². The van der Waals surface area contributed by atoms with Crippen molar-refractivity contribution >= 4 is 33.7 Å². The van der Waals surface area contributed by atoms with Crippen molar-refractivity contribution in [1.82, 2.24) is 9.78 Å². The first kappa shape index (κ1) is 13.2. The van der Waals surface area contributed by atoms with E-state index in [0.29, 0.717) is 0 Å². The van der Waals surface area contributed by atoms with Crippen molar-refractivity contribution in [2.45, 2.75) is 11.9 Å². The maximum Gasteiger partial charge on any atom is 0.313 e. The topological polar surface area (TPSA) is 55.1 Å². The molecule has 0 aliphatic carbocycles. The molecule has 1 heterocycles. The van der Waals surface area contributed by atoms with E-state index in [1.54, 1.807) is 4.68 Å². The predicted octanol–water partition coefficient (Wildman–Crippen LogP) is 3.12. The van der Waals surface area contributed by atoms with Crippen LogP contribution in [0.25, 0.3) is 5.69 Å². The summed E-state index contributed by atoms with van der Waals surface area (Å²) in [5.74, 6) is -0.807. The Bertz CT molecular complexity index is 583. The second-order valence-electron chi connectivity index (χ2n) is 3.70. The van der Waals surface area contributed by atoms with Crippen LogP contribution in [-0.2, 0) is 4.79 Å². The predicted molar refractivity (Wildman–Crippen MR) is 74.4 cm³/mol. The number of hydrogen-bond donors (Lipinski definition) is 1. The summed E-state index contributed by atoms with van der Waals surface area (Å²) in [4.78, 5) is 10.6. The monoisotopic (exact) mass is 326 g/mol. The Morgan fingerprint density at radius 3 is 2.94 bits per heavy atom.